The second kappa shape index (κ2) is 9.40. The average molecular weight is 349 g/mol. The Morgan fingerprint density at radius 3 is 2.73 bits per heavy atom. The quantitative estimate of drug-likeness (QED) is 0.872. The number of benzene rings is 1. The lowest BCUT2D eigenvalue weighted by Gasteiger charge is -2.09. The van der Waals surface area contributed by atoms with E-state index in [2.05, 4.69) is 10.4 Å². The summed E-state index contributed by atoms with van der Waals surface area (Å²) in [4.78, 5) is 11.6. The summed E-state index contributed by atoms with van der Waals surface area (Å²) in [5.41, 5.74) is 6.34. The van der Waals surface area contributed by atoms with Crippen LogP contribution in [0.5, 0.6) is 0 Å². The molecule has 0 aliphatic carbocycles. The number of hydrogen-bond acceptors (Lipinski definition) is 3. The van der Waals surface area contributed by atoms with Gasteiger partial charge in [0.15, 0.2) is 5.82 Å². The second-order valence-electron chi connectivity index (χ2n) is 4.68. The molecule has 0 spiro atoms. The number of nitrogens with two attached hydrogens (primary N) is 1. The van der Waals surface area contributed by atoms with Crippen LogP contribution in [0.4, 0.5) is 10.1 Å². The molecule has 1 aromatic heterocycles. The molecule has 1 aromatic carbocycles. The van der Waals surface area contributed by atoms with Crippen LogP contribution in [0.2, 0.25) is 0 Å². The van der Waals surface area contributed by atoms with Crippen molar-refractivity contribution in [1.82, 2.24) is 9.78 Å². The molecule has 1 unspecified atom stereocenters. The Bertz CT molecular complexity index is 591. The fraction of sp³-hybridized carbons (Fsp3) is 0.286. The third-order valence-corrected chi connectivity index (χ3v) is 2.81. The van der Waals surface area contributed by atoms with Crippen molar-refractivity contribution in [3.05, 3.63) is 42.5 Å². The van der Waals surface area contributed by atoms with E-state index in [0.29, 0.717) is 24.2 Å². The number of amides is 1. The van der Waals surface area contributed by atoms with Crippen LogP contribution in [-0.4, -0.2) is 21.7 Å². The molecular weight excluding hydrogens is 330 g/mol. The summed E-state index contributed by atoms with van der Waals surface area (Å²) in [7, 11) is 0. The summed E-state index contributed by atoms with van der Waals surface area (Å²) < 4.78 is 15.4. The molecule has 0 saturated heterocycles. The molecule has 0 aliphatic rings. The molecule has 0 fully saturated rings. The minimum Gasteiger partial charge on any atom is -0.328 e. The number of hydrogen-bond donors (Lipinski definition) is 2. The summed E-state index contributed by atoms with van der Waals surface area (Å²) in [6.07, 6.45) is 4.14. The second-order valence-corrected chi connectivity index (χ2v) is 4.68. The molecule has 122 valence electrons. The largest absolute Gasteiger partial charge is 0.328 e. The van der Waals surface area contributed by atoms with Gasteiger partial charge < -0.3 is 11.1 Å². The first-order chi connectivity index (χ1) is 9.56. The maximum Gasteiger partial charge on any atom is 0.224 e. The van der Waals surface area contributed by atoms with Gasteiger partial charge in [-0.05, 0) is 37.6 Å². The summed E-state index contributed by atoms with van der Waals surface area (Å²) >= 11 is 0. The topological polar surface area (TPSA) is 72.9 Å². The summed E-state index contributed by atoms with van der Waals surface area (Å²) in [5, 5.41) is 6.61. The number of nitrogens with zero attached hydrogens (tertiary/aromatic N) is 2. The number of carbonyl (C=O) groups excluding carboxylic acids is 1. The fourth-order valence-electron chi connectivity index (χ4n) is 1.76. The standard InChI is InChI=1S/C14H17FN4O.2ClH/c1-10(16)3-6-14(20)18-11-4-5-13(12(15)9-11)19-8-2-7-17-19;;/h2,4-5,7-10H,3,6,16H2,1H3,(H,18,20);2*1H. The Morgan fingerprint density at radius 2 is 2.18 bits per heavy atom. The number of rotatable bonds is 5. The predicted molar refractivity (Wildman–Crippen MR) is 89.5 cm³/mol. The highest BCUT2D eigenvalue weighted by Crippen LogP contribution is 2.17. The maximum atomic E-state index is 13.9. The van der Waals surface area contributed by atoms with Gasteiger partial charge in [-0.3, -0.25) is 4.79 Å². The third kappa shape index (κ3) is 5.63. The number of carbonyl (C=O) groups is 1. The first-order valence-corrected chi connectivity index (χ1v) is 6.41. The lowest BCUT2D eigenvalue weighted by molar-refractivity contribution is -0.116. The van der Waals surface area contributed by atoms with Crippen molar-refractivity contribution >= 4 is 36.4 Å². The van der Waals surface area contributed by atoms with E-state index in [0.717, 1.165) is 0 Å². The minimum atomic E-state index is -0.446. The number of aromatic nitrogens is 2. The Balaban J connectivity index is 0.00000220. The van der Waals surface area contributed by atoms with Gasteiger partial charge in [-0.2, -0.15) is 5.10 Å². The van der Waals surface area contributed by atoms with Gasteiger partial charge in [0.2, 0.25) is 5.91 Å². The van der Waals surface area contributed by atoms with E-state index >= 15 is 0 Å². The number of anilines is 1. The van der Waals surface area contributed by atoms with Crippen LogP contribution in [0.3, 0.4) is 0 Å². The molecule has 0 saturated carbocycles. The molecular formula is C14H19Cl2FN4O. The summed E-state index contributed by atoms with van der Waals surface area (Å²) in [5.74, 6) is -0.618. The molecule has 3 N–H and O–H groups in total. The molecule has 0 aliphatic heterocycles. The Kier molecular flexibility index (Phi) is 8.70. The fourth-order valence-corrected chi connectivity index (χ4v) is 1.76. The molecule has 1 atom stereocenters. The highest BCUT2D eigenvalue weighted by molar-refractivity contribution is 5.90. The van der Waals surface area contributed by atoms with E-state index in [9.17, 15) is 9.18 Å². The summed E-state index contributed by atoms with van der Waals surface area (Å²) in [6.45, 7) is 1.84. The monoisotopic (exact) mass is 348 g/mol. The van der Waals surface area contributed by atoms with Crippen LogP contribution in [0.15, 0.2) is 36.7 Å². The zero-order valence-electron chi connectivity index (χ0n) is 12.0. The molecule has 2 aromatic rings. The van der Waals surface area contributed by atoms with E-state index in [-0.39, 0.29) is 36.8 Å². The van der Waals surface area contributed by atoms with Gasteiger partial charge in [0, 0.05) is 30.5 Å². The zero-order chi connectivity index (χ0) is 14.5. The lowest BCUT2D eigenvalue weighted by Crippen LogP contribution is -2.19. The van der Waals surface area contributed by atoms with Crippen molar-refractivity contribution < 1.29 is 9.18 Å². The zero-order valence-corrected chi connectivity index (χ0v) is 13.7. The van der Waals surface area contributed by atoms with Gasteiger partial charge >= 0.3 is 0 Å². The normalized spacial score (nSPS) is 11.0. The number of halogens is 3. The van der Waals surface area contributed by atoms with E-state index in [4.69, 9.17) is 5.73 Å². The van der Waals surface area contributed by atoms with E-state index in [1.54, 1.807) is 30.6 Å². The first-order valence-electron chi connectivity index (χ1n) is 6.41. The molecule has 0 radical (unpaired) electrons. The summed E-state index contributed by atoms with van der Waals surface area (Å²) in [6, 6.07) is 6.18. The average Bonchev–Trinajstić information content (AvgIpc) is 2.90. The molecule has 1 heterocycles. The van der Waals surface area contributed by atoms with Crippen LogP contribution in [0.25, 0.3) is 5.69 Å². The van der Waals surface area contributed by atoms with Crippen molar-refractivity contribution in [2.75, 3.05) is 5.32 Å². The van der Waals surface area contributed by atoms with Gasteiger partial charge in [-0.25, -0.2) is 9.07 Å². The van der Waals surface area contributed by atoms with Gasteiger partial charge in [0.05, 0.1) is 0 Å². The van der Waals surface area contributed by atoms with Crippen molar-refractivity contribution in [3.8, 4) is 5.69 Å². The molecule has 0 bridgehead atoms. The molecule has 2 rings (SSSR count). The highest BCUT2D eigenvalue weighted by Gasteiger charge is 2.08. The van der Waals surface area contributed by atoms with Gasteiger partial charge in [-0.1, -0.05) is 0 Å². The van der Waals surface area contributed by atoms with Crippen molar-refractivity contribution in [3.63, 3.8) is 0 Å². The minimum absolute atomic E-state index is 0. The SMILES string of the molecule is CC(N)CCC(=O)Nc1ccc(-n2cccn2)c(F)c1.Cl.Cl. The Morgan fingerprint density at radius 1 is 1.45 bits per heavy atom. The highest BCUT2D eigenvalue weighted by atomic mass is 35.5. The van der Waals surface area contributed by atoms with Gasteiger partial charge in [0.25, 0.3) is 0 Å². The number of nitrogens with one attached hydrogen (secondary N) is 1. The molecule has 8 heteroatoms. The Hall–Kier alpha value is -1.63. The van der Waals surface area contributed by atoms with Crippen LogP contribution in [0.1, 0.15) is 19.8 Å². The lowest BCUT2D eigenvalue weighted by atomic mass is 10.2. The van der Waals surface area contributed by atoms with Gasteiger partial charge in [0.1, 0.15) is 5.69 Å². The van der Waals surface area contributed by atoms with E-state index in [1.807, 2.05) is 6.92 Å². The molecule has 5 nitrogen and oxygen atoms in total. The predicted octanol–water partition coefficient (Wildman–Crippen LogP) is 2.92. The van der Waals surface area contributed by atoms with E-state index < -0.39 is 5.82 Å². The van der Waals surface area contributed by atoms with Crippen LogP contribution < -0.4 is 11.1 Å². The van der Waals surface area contributed by atoms with Gasteiger partial charge in [-0.15, -0.1) is 24.8 Å². The Labute approximate surface area is 140 Å². The van der Waals surface area contributed by atoms with Crippen molar-refractivity contribution in [1.29, 1.82) is 0 Å². The van der Waals surface area contributed by atoms with E-state index in [1.165, 1.54) is 10.7 Å². The van der Waals surface area contributed by atoms with Crippen molar-refractivity contribution in [2.24, 2.45) is 5.73 Å². The molecule has 22 heavy (non-hydrogen) atoms. The first kappa shape index (κ1) is 20.4. The van der Waals surface area contributed by atoms with Crippen LogP contribution >= 0.6 is 24.8 Å². The van der Waals surface area contributed by atoms with Crippen LogP contribution in [0, 0.1) is 5.82 Å². The smallest absolute Gasteiger partial charge is 0.224 e. The maximum absolute atomic E-state index is 13.9. The van der Waals surface area contributed by atoms with Crippen LogP contribution in [-0.2, 0) is 4.79 Å². The molecule has 1 amide bonds. The third-order valence-electron chi connectivity index (χ3n) is 2.81. The van der Waals surface area contributed by atoms with Crippen molar-refractivity contribution in [2.45, 2.75) is 25.8 Å².